The van der Waals surface area contributed by atoms with Crippen LogP contribution in [0.2, 0.25) is 0 Å². The molecule has 0 unspecified atom stereocenters. The molecule has 6 nitrogen and oxygen atoms in total. The predicted molar refractivity (Wildman–Crippen MR) is 78.6 cm³/mol. The van der Waals surface area contributed by atoms with Crippen molar-refractivity contribution in [2.24, 2.45) is 0 Å². The second-order valence-corrected chi connectivity index (χ2v) is 5.31. The third-order valence-corrected chi connectivity index (χ3v) is 3.71. The monoisotopic (exact) mass is 293 g/mol. The third kappa shape index (κ3) is 4.64. The summed E-state index contributed by atoms with van der Waals surface area (Å²) in [4.78, 5) is 27.3. The zero-order chi connectivity index (χ0) is 15.1. The molecule has 2 saturated heterocycles. The molecule has 0 saturated carbocycles. The summed E-state index contributed by atoms with van der Waals surface area (Å²) >= 11 is 0. The van der Waals surface area contributed by atoms with Gasteiger partial charge in [0.05, 0.1) is 13.1 Å². The minimum Gasteiger partial charge on any atom is -0.436 e. The molecule has 1 atom stereocenters. The van der Waals surface area contributed by atoms with Crippen LogP contribution in [0, 0.1) is 11.8 Å². The summed E-state index contributed by atoms with van der Waals surface area (Å²) in [6.07, 6.45) is 1.87. The first kappa shape index (κ1) is 15.6. The molecule has 2 fully saturated rings. The minimum absolute atomic E-state index is 0.142. The summed E-state index contributed by atoms with van der Waals surface area (Å²) in [6.45, 7) is 6.34. The van der Waals surface area contributed by atoms with Gasteiger partial charge in [-0.1, -0.05) is 11.8 Å². The first-order valence-corrected chi connectivity index (χ1v) is 7.62. The van der Waals surface area contributed by atoms with Crippen molar-refractivity contribution in [1.82, 2.24) is 15.1 Å². The summed E-state index contributed by atoms with van der Waals surface area (Å²) < 4.78 is 5.08. The number of carbonyl (C=O) groups excluding carboxylic acids is 2. The van der Waals surface area contributed by atoms with Crippen LogP contribution in [0.15, 0.2) is 0 Å². The molecule has 0 aromatic carbocycles. The Morgan fingerprint density at radius 2 is 2.00 bits per heavy atom. The highest BCUT2D eigenvalue weighted by Gasteiger charge is 2.33. The van der Waals surface area contributed by atoms with Crippen LogP contribution in [-0.4, -0.2) is 67.2 Å². The first-order valence-electron chi connectivity index (χ1n) is 7.62. The molecular formula is C15H23N3O3. The van der Waals surface area contributed by atoms with Gasteiger partial charge in [-0.3, -0.25) is 9.69 Å². The molecule has 2 aliphatic heterocycles. The topological polar surface area (TPSA) is 61.9 Å². The zero-order valence-corrected chi connectivity index (χ0v) is 12.6. The molecule has 116 valence electrons. The maximum Gasteiger partial charge on any atom is 0.407 e. The summed E-state index contributed by atoms with van der Waals surface area (Å²) in [5, 5.41) is 2.53. The molecule has 0 aliphatic carbocycles. The Morgan fingerprint density at radius 1 is 1.29 bits per heavy atom. The molecule has 0 spiro atoms. The molecule has 6 heteroatoms. The van der Waals surface area contributed by atoms with E-state index in [-0.39, 0.29) is 5.91 Å². The average molecular weight is 293 g/mol. The van der Waals surface area contributed by atoms with Gasteiger partial charge in [0.1, 0.15) is 0 Å². The largest absolute Gasteiger partial charge is 0.436 e. The highest BCUT2D eigenvalue weighted by atomic mass is 16.6. The van der Waals surface area contributed by atoms with Crippen LogP contribution in [0.25, 0.3) is 0 Å². The minimum atomic E-state index is -0.656. The van der Waals surface area contributed by atoms with Crippen LogP contribution in [-0.2, 0) is 9.53 Å². The predicted octanol–water partition coefficient (Wildman–Crippen LogP) is 0.433. The molecule has 0 aromatic rings. The summed E-state index contributed by atoms with van der Waals surface area (Å²) in [5.41, 5.74) is 0. The van der Waals surface area contributed by atoms with Gasteiger partial charge in [-0.2, -0.15) is 0 Å². The third-order valence-electron chi connectivity index (χ3n) is 3.71. The highest BCUT2D eigenvalue weighted by molar-refractivity contribution is 5.85. The Morgan fingerprint density at radius 3 is 2.71 bits per heavy atom. The van der Waals surface area contributed by atoms with Crippen molar-refractivity contribution in [2.45, 2.75) is 32.3 Å². The number of ether oxygens (including phenoxy) is 1. The van der Waals surface area contributed by atoms with Gasteiger partial charge < -0.3 is 15.0 Å². The molecule has 0 aromatic heterocycles. The molecule has 2 aliphatic rings. The lowest BCUT2D eigenvalue weighted by molar-refractivity contribution is -0.134. The van der Waals surface area contributed by atoms with E-state index in [9.17, 15) is 9.59 Å². The van der Waals surface area contributed by atoms with Gasteiger partial charge in [0, 0.05) is 19.5 Å². The zero-order valence-electron chi connectivity index (χ0n) is 12.6. The van der Waals surface area contributed by atoms with Crippen LogP contribution in [0.5, 0.6) is 0 Å². The van der Waals surface area contributed by atoms with E-state index >= 15 is 0 Å². The van der Waals surface area contributed by atoms with Crippen LogP contribution in [0.3, 0.4) is 0 Å². The van der Waals surface area contributed by atoms with Crippen LogP contribution < -0.4 is 5.32 Å². The second-order valence-electron chi connectivity index (χ2n) is 5.31. The van der Waals surface area contributed by atoms with Crippen LogP contribution >= 0.6 is 0 Å². The van der Waals surface area contributed by atoms with Gasteiger partial charge in [0.25, 0.3) is 5.91 Å². The highest BCUT2D eigenvalue weighted by Crippen LogP contribution is 2.14. The van der Waals surface area contributed by atoms with E-state index in [0.29, 0.717) is 26.1 Å². The van der Waals surface area contributed by atoms with Crippen molar-refractivity contribution < 1.29 is 14.3 Å². The second kappa shape index (κ2) is 7.89. The quantitative estimate of drug-likeness (QED) is 0.764. The van der Waals surface area contributed by atoms with Crippen molar-refractivity contribution in [3.8, 4) is 11.8 Å². The van der Waals surface area contributed by atoms with E-state index in [2.05, 4.69) is 22.1 Å². The van der Waals surface area contributed by atoms with E-state index in [4.69, 9.17) is 4.74 Å². The number of hydrogen-bond donors (Lipinski definition) is 1. The van der Waals surface area contributed by atoms with Crippen molar-refractivity contribution in [2.75, 3.05) is 39.3 Å². The van der Waals surface area contributed by atoms with Crippen molar-refractivity contribution >= 4 is 12.0 Å². The lowest BCUT2D eigenvalue weighted by atomic mass is 10.3. The Labute approximate surface area is 125 Å². The number of hydrogen-bond acceptors (Lipinski definition) is 4. The van der Waals surface area contributed by atoms with E-state index < -0.39 is 12.2 Å². The van der Waals surface area contributed by atoms with Gasteiger partial charge in [0.15, 0.2) is 6.10 Å². The maximum absolute atomic E-state index is 12.0. The molecule has 21 heavy (non-hydrogen) atoms. The van der Waals surface area contributed by atoms with Gasteiger partial charge in [0.2, 0.25) is 0 Å². The lowest BCUT2D eigenvalue weighted by Crippen LogP contribution is -2.35. The molecule has 0 radical (unpaired) electrons. The van der Waals surface area contributed by atoms with Crippen molar-refractivity contribution in [3.63, 3.8) is 0 Å². The van der Waals surface area contributed by atoms with E-state index in [1.165, 1.54) is 12.8 Å². The Bertz CT molecular complexity index is 435. The Kier molecular flexibility index (Phi) is 5.88. The summed E-state index contributed by atoms with van der Waals surface area (Å²) in [7, 11) is 0. The number of rotatable bonds is 4. The van der Waals surface area contributed by atoms with Crippen LogP contribution in [0.1, 0.15) is 26.2 Å². The molecule has 1 N–H and O–H groups in total. The van der Waals surface area contributed by atoms with Crippen molar-refractivity contribution in [1.29, 1.82) is 0 Å². The molecule has 2 amide bonds. The van der Waals surface area contributed by atoms with E-state index in [1.807, 2.05) is 0 Å². The Hall–Kier alpha value is -1.74. The normalized spacial score (nSPS) is 22.0. The van der Waals surface area contributed by atoms with Gasteiger partial charge in [-0.15, -0.1) is 0 Å². The fourth-order valence-corrected chi connectivity index (χ4v) is 2.55. The SMILES string of the molecule is CCNC(=O)O[C@H]1CCN(CC#CCN2CCCC2)C1=O. The number of likely N-dealkylation sites (tertiary alicyclic amines) is 2. The van der Waals surface area contributed by atoms with Crippen LogP contribution in [0.4, 0.5) is 4.79 Å². The average Bonchev–Trinajstić information content (AvgIpc) is 3.08. The molecule has 2 heterocycles. The van der Waals surface area contributed by atoms with E-state index in [1.54, 1.807) is 11.8 Å². The van der Waals surface area contributed by atoms with Gasteiger partial charge in [-0.25, -0.2) is 4.79 Å². The standard InChI is InChI=1S/C15H23N3O3/c1-2-16-15(20)21-13-7-12-18(14(13)19)11-6-5-10-17-8-3-4-9-17/h13H,2-4,7-12H2,1H3,(H,16,20)/t13-/m0/s1. The number of nitrogens with one attached hydrogen (secondary N) is 1. The summed E-state index contributed by atoms with van der Waals surface area (Å²) in [5.74, 6) is 6.01. The molecule has 0 bridgehead atoms. The smallest absolute Gasteiger partial charge is 0.407 e. The number of alkyl carbamates (subject to hydrolysis) is 1. The first-order chi connectivity index (χ1) is 10.2. The fraction of sp³-hybridized carbons (Fsp3) is 0.733. The summed E-state index contributed by atoms with van der Waals surface area (Å²) in [6, 6.07) is 0. The molecular weight excluding hydrogens is 270 g/mol. The maximum atomic E-state index is 12.0. The van der Waals surface area contributed by atoms with E-state index in [0.717, 1.165) is 19.6 Å². The Balaban J connectivity index is 1.71. The fourth-order valence-electron chi connectivity index (χ4n) is 2.55. The molecule has 2 rings (SSSR count). The number of nitrogens with zero attached hydrogens (tertiary/aromatic N) is 2. The van der Waals surface area contributed by atoms with Gasteiger partial charge in [-0.05, 0) is 32.9 Å². The van der Waals surface area contributed by atoms with Crippen molar-refractivity contribution in [3.05, 3.63) is 0 Å². The number of amides is 2. The lowest BCUT2D eigenvalue weighted by Gasteiger charge is -2.14. The number of carbonyl (C=O) groups is 2. The van der Waals surface area contributed by atoms with Gasteiger partial charge >= 0.3 is 6.09 Å².